The van der Waals surface area contributed by atoms with Crippen molar-refractivity contribution in [1.82, 2.24) is 0 Å². The maximum absolute atomic E-state index is 5.40. The van der Waals surface area contributed by atoms with Crippen molar-refractivity contribution < 1.29 is 4.74 Å². The smallest absolute Gasteiger partial charge is 0.0466 e. The zero-order chi connectivity index (χ0) is 11.8. The van der Waals surface area contributed by atoms with Gasteiger partial charge in [-0.15, -0.1) is 0 Å². The molecule has 0 radical (unpaired) electrons. The summed E-state index contributed by atoms with van der Waals surface area (Å²) >= 11 is 5.40. The molecule has 0 unspecified atom stereocenters. The largest absolute Gasteiger partial charge is 0.382 e. The highest BCUT2D eigenvalue weighted by atomic mass is 32.1. The topological polar surface area (TPSA) is 9.23 Å². The van der Waals surface area contributed by atoms with E-state index in [2.05, 4.69) is 31.2 Å². The fourth-order valence-electron chi connectivity index (χ4n) is 1.52. The van der Waals surface area contributed by atoms with E-state index in [1.807, 2.05) is 6.92 Å². The molecule has 0 atom stereocenters. The summed E-state index contributed by atoms with van der Waals surface area (Å²) in [6.45, 7) is 5.78. The lowest BCUT2D eigenvalue weighted by molar-refractivity contribution is 0.144. The van der Waals surface area contributed by atoms with Crippen LogP contribution in [0.4, 0.5) is 0 Å². The molecule has 0 fully saturated rings. The summed E-state index contributed by atoms with van der Waals surface area (Å²) in [5.74, 6) is 0. The van der Waals surface area contributed by atoms with Crippen molar-refractivity contribution in [3.63, 3.8) is 0 Å². The zero-order valence-corrected chi connectivity index (χ0v) is 11.0. The van der Waals surface area contributed by atoms with Crippen LogP contribution in [-0.4, -0.2) is 18.1 Å². The molecule has 0 saturated heterocycles. The first-order chi connectivity index (χ1) is 7.74. The van der Waals surface area contributed by atoms with Crippen molar-refractivity contribution in [2.45, 2.75) is 33.1 Å². The number of thiocarbonyl (C=S) groups is 1. The van der Waals surface area contributed by atoms with Crippen LogP contribution in [-0.2, 0) is 4.74 Å². The molecule has 16 heavy (non-hydrogen) atoms. The van der Waals surface area contributed by atoms with E-state index in [0.29, 0.717) is 0 Å². The van der Waals surface area contributed by atoms with Crippen LogP contribution in [0.5, 0.6) is 0 Å². The molecule has 2 heteroatoms. The second kappa shape index (κ2) is 7.53. The average Bonchev–Trinajstić information content (AvgIpc) is 2.29. The van der Waals surface area contributed by atoms with Gasteiger partial charge in [-0.1, -0.05) is 42.0 Å². The van der Waals surface area contributed by atoms with Crippen LogP contribution in [0.25, 0.3) is 0 Å². The fourth-order valence-corrected chi connectivity index (χ4v) is 1.80. The predicted octanol–water partition coefficient (Wildman–Crippen LogP) is 3.92. The fraction of sp³-hybridized carbons (Fsp3) is 0.500. The van der Waals surface area contributed by atoms with E-state index < -0.39 is 0 Å². The van der Waals surface area contributed by atoms with Gasteiger partial charge >= 0.3 is 0 Å². The van der Waals surface area contributed by atoms with Gasteiger partial charge < -0.3 is 4.74 Å². The number of ether oxygens (including phenoxy) is 1. The minimum atomic E-state index is 0.808. The summed E-state index contributed by atoms with van der Waals surface area (Å²) in [5.41, 5.74) is 2.47. The Kier molecular flexibility index (Phi) is 6.27. The van der Waals surface area contributed by atoms with Crippen LogP contribution in [0.2, 0.25) is 0 Å². The van der Waals surface area contributed by atoms with Gasteiger partial charge in [-0.25, -0.2) is 0 Å². The highest BCUT2D eigenvalue weighted by molar-refractivity contribution is 7.80. The Morgan fingerprint density at radius 2 is 1.88 bits per heavy atom. The Bertz CT molecular complexity index is 316. The number of hydrogen-bond donors (Lipinski definition) is 0. The molecule has 1 nitrogen and oxygen atoms in total. The molecule has 0 aliphatic carbocycles. The number of unbranched alkanes of at least 4 members (excludes halogenated alkanes) is 1. The van der Waals surface area contributed by atoms with Gasteiger partial charge in [0, 0.05) is 18.1 Å². The lowest BCUT2D eigenvalue weighted by Gasteiger charge is -2.05. The van der Waals surface area contributed by atoms with Crippen molar-refractivity contribution in [3.8, 4) is 0 Å². The Labute approximate surface area is 104 Å². The van der Waals surface area contributed by atoms with E-state index in [4.69, 9.17) is 17.0 Å². The predicted molar refractivity (Wildman–Crippen MR) is 73.2 cm³/mol. The van der Waals surface area contributed by atoms with Gasteiger partial charge in [-0.3, -0.25) is 0 Å². The van der Waals surface area contributed by atoms with Crippen LogP contribution in [0, 0.1) is 6.92 Å². The summed E-state index contributed by atoms with van der Waals surface area (Å²) in [5, 5.41) is 0. The van der Waals surface area contributed by atoms with Crippen molar-refractivity contribution in [1.29, 1.82) is 0 Å². The summed E-state index contributed by atoms with van der Waals surface area (Å²) in [7, 11) is 0. The summed E-state index contributed by atoms with van der Waals surface area (Å²) < 4.78 is 5.29. The van der Waals surface area contributed by atoms with E-state index in [0.717, 1.165) is 37.3 Å². The number of aryl methyl sites for hydroxylation is 1. The molecule has 1 rings (SSSR count). The van der Waals surface area contributed by atoms with Crippen molar-refractivity contribution in [3.05, 3.63) is 35.4 Å². The molecule has 0 N–H and O–H groups in total. The standard InChI is InChI=1S/C14H20OS/c1-3-15-11-5-4-6-14(16)13-9-7-12(2)8-10-13/h7-10H,3-6,11H2,1-2H3. The van der Waals surface area contributed by atoms with Crippen molar-refractivity contribution >= 4 is 17.1 Å². The summed E-state index contributed by atoms with van der Waals surface area (Å²) in [6, 6.07) is 8.45. The third kappa shape index (κ3) is 4.86. The van der Waals surface area contributed by atoms with Gasteiger partial charge in [0.25, 0.3) is 0 Å². The SMILES string of the molecule is CCOCCCCC(=S)c1ccc(C)cc1. The zero-order valence-electron chi connectivity index (χ0n) is 10.2. The van der Waals surface area contributed by atoms with Crippen LogP contribution in [0.3, 0.4) is 0 Å². The maximum Gasteiger partial charge on any atom is 0.0466 e. The first kappa shape index (κ1) is 13.3. The lowest BCUT2D eigenvalue weighted by Crippen LogP contribution is -1.99. The molecule has 1 aromatic carbocycles. The summed E-state index contributed by atoms with van der Waals surface area (Å²) in [6.07, 6.45) is 3.21. The Morgan fingerprint density at radius 1 is 1.19 bits per heavy atom. The van der Waals surface area contributed by atoms with Gasteiger partial charge in [-0.2, -0.15) is 0 Å². The molecule has 88 valence electrons. The minimum absolute atomic E-state index is 0.808. The molecule has 0 bridgehead atoms. The van der Waals surface area contributed by atoms with E-state index >= 15 is 0 Å². The first-order valence-electron chi connectivity index (χ1n) is 5.91. The first-order valence-corrected chi connectivity index (χ1v) is 6.32. The molecule has 0 spiro atoms. The van der Waals surface area contributed by atoms with E-state index in [9.17, 15) is 0 Å². The maximum atomic E-state index is 5.40. The molecule has 0 saturated carbocycles. The van der Waals surface area contributed by atoms with Gasteiger partial charge in [0.15, 0.2) is 0 Å². The Balaban J connectivity index is 2.27. The highest BCUT2D eigenvalue weighted by Gasteiger charge is 2.00. The third-order valence-corrected chi connectivity index (χ3v) is 2.96. The molecule has 0 amide bonds. The van der Waals surface area contributed by atoms with Gasteiger partial charge in [0.1, 0.15) is 0 Å². The molecule has 1 aromatic rings. The molecular weight excluding hydrogens is 216 g/mol. The molecule has 0 aliphatic rings. The third-order valence-electron chi connectivity index (χ3n) is 2.52. The van der Waals surface area contributed by atoms with E-state index in [-0.39, 0.29) is 0 Å². The van der Waals surface area contributed by atoms with Crippen LogP contribution in [0.1, 0.15) is 37.3 Å². The average molecular weight is 236 g/mol. The normalized spacial score (nSPS) is 10.4. The van der Waals surface area contributed by atoms with Gasteiger partial charge in [0.2, 0.25) is 0 Å². The van der Waals surface area contributed by atoms with Crippen LogP contribution < -0.4 is 0 Å². The molecule has 0 aromatic heterocycles. The van der Waals surface area contributed by atoms with Gasteiger partial charge in [0.05, 0.1) is 0 Å². The van der Waals surface area contributed by atoms with Crippen LogP contribution in [0.15, 0.2) is 24.3 Å². The van der Waals surface area contributed by atoms with Crippen molar-refractivity contribution in [2.24, 2.45) is 0 Å². The minimum Gasteiger partial charge on any atom is -0.382 e. The van der Waals surface area contributed by atoms with Gasteiger partial charge in [-0.05, 0) is 38.7 Å². The number of rotatable bonds is 7. The van der Waals surface area contributed by atoms with E-state index in [1.54, 1.807) is 0 Å². The summed E-state index contributed by atoms with van der Waals surface area (Å²) in [4.78, 5) is 1.07. The second-order valence-electron chi connectivity index (χ2n) is 3.94. The molecular formula is C14H20OS. The quantitative estimate of drug-likeness (QED) is 0.403. The lowest BCUT2D eigenvalue weighted by atomic mass is 10.1. The second-order valence-corrected chi connectivity index (χ2v) is 4.44. The van der Waals surface area contributed by atoms with Crippen molar-refractivity contribution in [2.75, 3.05) is 13.2 Å². The Hall–Kier alpha value is -0.730. The molecule has 0 heterocycles. The highest BCUT2D eigenvalue weighted by Crippen LogP contribution is 2.10. The molecule has 0 aliphatic heterocycles. The Morgan fingerprint density at radius 3 is 2.50 bits per heavy atom. The number of hydrogen-bond acceptors (Lipinski definition) is 2. The van der Waals surface area contributed by atoms with E-state index in [1.165, 1.54) is 11.1 Å². The van der Waals surface area contributed by atoms with Crippen LogP contribution >= 0.6 is 12.2 Å². The number of benzene rings is 1. The monoisotopic (exact) mass is 236 g/mol.